The van der Waals surface area contributed by atoms with Crippen LogP contribution in [0.4, 0.5) is 8.78 Å². The Bertz CT molecular complexity index is 274. The van der Waals surface area contributed by atoms with Crippen molar-refractivity contribution >= 4 is 0 Å². The molecule has 0 bridgehead atoms. The lowest BCUT2D eigenvalue weighted by molar-refractivity contribution is 0.102. The first kappa shape index (κ1) is 10.9. The van der Waals surface area contributed by atoms with E-state index in [0.717, 1.165) is 0 Å². The van der Waals surface area contributed by atoms with Crippen LogP contribution in [-0.2, 0) is 0 Å². The summed E-state index contributed by atoms with van der Waals surface area (Å²) in [6, 6.07) is 5.68. The smallest absolute Gasteiger partial charge is 0.257 e. The van der Waals surface area contributed by atoms with Gasteiger partial charge in [-0.3, -0.25) is 0 Å². The number of ether oxygens (including phenoxy) is 1. The Morgan fingerprint density at radius 2 is 1.79 bits per heavy atom. The van der Waals surface area contributed by atoms with E-state index in [9.17, 15) is 8.78 Å². The summed E-state index contributed by atoms with van der Waals surface area (Å²) in [5.74, 6) is 0.665. The zero-order valence-corrected chi connectivity index (χ0v) is 8.13. The van der Waals surface area contributed by atoms with E-state index in [1.165, 1.54) is 14.2 Å². The molecule has 1 unspecified atom stereocenters. The van der Waals surface area contributed by atoms with Crippen molar-refractivity contribution in [1.29, 1.82) is 0 Å². The molecule has 0 radical (unpaired) electrons. The van der Waals surface area contributed by atoms with E-state index >= 15 is 0 Å². The van der Waals surface area contributed by atoms with Gasteiger partial charge in [0.25, 0.3) is 6.43 Å². The van der Waals surface area contributed by atoms with Crippen LogP contribution < -0.4 is 10.1 Å². The van der Waals surface area contributed by atoms with Gasteiger partial charge < -0.3 is 10.1 Å². The lowest BCUT2D eigenvalue weighted by Crippen LogP contribution is -2.23. The fourth-order valence-corrected chi connectivity index (χ4v) is 1.25. The number of benzene rings is 1. The number of methoxy groups -OCH3 is 1. The second kappa shape index (κ2) is 4.91. The average Bonchev–Trinajstić information content (AvgIpc) is 2.19. The third-order valence-corrected chi connectivity index (χ3v) is 2.04. The molecule has 0 spiro atoms. The molecule has 0 fully saturated rings. The van der Waals surface area contributed by atoms with Gasteiger partial charge in [0.2, 0.25) is 0 Å². The van der Waals surface area contributed by atoms with E-state index in [1.54, 1.807) is 24.3 Å². The van der Waals surface area contributed by atoms with Crippen molar-refractivity contribution in [2.24, 2.45) is 0 Å². The predicted molar refractivity (Wildman–Crippen MR) is 50.8 cm³/mol. The van der Waals surface area contributed by atoms with Gasteiger partial charge >= 0.3 is 0 Å². The Balaban J connectivity index is 2.84. The fourth-order valence-electron chi connectivity index (χ4n) is 1.25. The molecular formula is C10H13F2NO. The molecule has 0 saturated heterocycles. The number of nitrogens with one attached hydrogen (secondary N) is 1. The highest BCUT2D eigenvalue weighted by atomic mass is 19.3. The minimum atomic E-state index is -2.41. The standard InChI is InChI=1S/C10H13F2NO/c1-13-9(10(11)12)7-3-5-8(14-2)6-4-7/h3-6,9-10,13H,1-2H3. The van der Waals surface area contributed by atoms with Crippen LogP contribution in [0.1, 0.15) is 11.6 Å². The van der Waals surface area contributed by atoms with Crippen LogP contribution in [0.25, 0.3) is 0 Å². The highest BCUT2D eigenvalue weighted by molar-refractivity contribution is 5.29. The molecule has 1 rings (SSSR count). The third-order valence-electron chi connectivity index (χ3n) is 2.04. The molecule has 0 aliphatic carbocycles. The summed E-state index contributed by atoms with van der Waals surface area (Å²) in [6.07, 6.45) is -2.41. The second-order valence-electron chi connectivity index (χ2n) is 2.87. The van der Waals surface area contributed by atoms with Crippen LogP contribution in [-0.4, -0.2) is 20.6 Å². The molecule has 2 nitrogen and oxygen atoms in total. The van der Waals surface area contributed by atoms with Gasteiger partial charge in [-0.1, -0.05) is 12.1 Å². The first-order chi connectivity index (χ1) is 6.69. The van der Waals surface area contributed by atoms with E-state index in [1.807, 2.05) is 0 Å². The van der Waals surface area contributed by atoms with Crippen molar-refractivity contribution in [3.8, 4) is 5.75 Å². The summed E-state index contributed by atoms with van der Waals surface area (Å²) < 4.78 is 29.9. The number of hydrogen-bond acceptors (Lipinski definition) is 2. The van der Waals surface area contributed by atoms with Gasteiger partial charge in [0, 0.05) is 0 Å². The summed E-state index contributed by atoms with van der Waals surface area (Å²) in [6.45, 7) is 0. The molecule has 0 amide bonds. The van der Waals surface area contributed by atoms with Crippen molar-refractivity contribution in [3.05, 3.63) is 29.8 Å². The Morgan fingerprint density at radius 1 is 1.21 bits per heavy atom. The van der Waals surface area contributed by atoms with Crippen molar-refractivity contribution in [3.63, 3.8) is 0 Å². The summed E-state index contributed by atoms with van der Waals surface area (Å²) >= 11 is 0. The summed E-state index contributed by atoms with van der Waals surface area (Å²) in [7, 11) is 3.05. The van der Waals surface area contributed by atoms with Gasteiger partial charge in [0.1, 0.15) is 5.75 Å². The Kier molecular flexibility index (Phi) is 3.83. The first-order valence-electron chi connectivity index (χ1n) is 4.28. The maximum atomic E-state index is 12.5. The van der Waals surface area contributed by atoms with Crippen molar-refractivity contribution in [2.45, 2.75) is 12.5 Å². The van der Waals surface area contributed by atoms with E-state index in [2.05, 4.69) is 5.32 Å². The zero-order valence-electron chi connectivity index (χ0n) is 8.13. The zero-order chi connectivity index (χ0) is 10.6. The van der Waals surface area contributed by atoms with Gasteiger partial charge in [-0.15, -0.1) is 0 Å². The number of halogens is 2. The van der Waals surface area contributed by atoms with E-state index in [0.29, 0.717) is 11.3 Å². The molecule has 4 heteroatoms. The molecular weight excluding hydrogens is 188 g/mol. The molecule has 14 heavy (non-hydrogen) atoms. The maximum Gasteiger partial charge on any atom is 0.257 e. The van der Waals surface area contributed by atoms with Gasteiger partial charge in [-0.05, 0) is 24.7 Å². The first-order valence-corrected chi connectivity index (χ1v) is 4.28. The predicted octanol–water partition coefficient (Wildman–Crippen LogP) is 2.22. The number of rotatable bonds is 4. The lowest BCUT2D eigenvalue weighted by atomic mass is 10.1. The van der Waals surface area contributed by atoms with E-state index in [-0.39, 0.29) is 0 Å². The third kappa shape index (κ3) is 2.42. The SMILES string of the molecule is CNC(c1ccc(OC)cc1)C(F)F. The van der Waals surface area contributed by atoms with Gasteiger partial charge in [-0.2, -0.15) is 0 Å². The quantitative estimate of drug-likeness (QED) is 0.806. The molecule has 1 atom stereocenters. The normalized spacial score (nSPS) is 12.9. The van der Waals surface area contributed by atoms with Gasteiger partial charge in [-0.25, -0.2) is 8.78 Å². The fraction of sp³-hybridized carbons (Fsp3) is 0.400. The molecule has 0 saturated carbocycles. The summed E-state index contributed by atoms with van der Waals surface area (Å²) in [4.78, 5) is 0. The Hall–Kier alpha value is -1.16. The minimum Gasteiger partial charge on any atom is -0.497 e. The summed E-state index contributed by atoms with van der Waals surface area (Å²) in [5, 5.41) is 2.56. The van der Waals surface area contributed by atoms with Crippen molar-refractivity contribution in [2.75, 3.05) is 14.2 Å². The number of alkyl halides is 2. The molecule has 1 aromatic rings. The summed E-state index contributed by atoms with van der Waals surface area (Å²) in [5.41, 5.74) is 0.559. The molecule has 0 aliphatic heterocycles. The highest BCUT2D eigenvalue weighted by Crippen LogP contribution is 2.22. The van der Waals surface area contributed by atoms with Crippen LogP contribution in [0.3, 0.4) is 0 Å². The van der Waals surface area contributed by atoms with Crippen molar-refractivity contribution in [1.82, 2.24) is 5.32 Å². The van der Waals surface area contributed by atoms with Crippen LogP contribution in [0, 0.1) is 0 Å². The van der Waals surface area contributed by atoms with Crippen LogP contribution in [0.15, 0.2) is 24.3 Å². The monoisotopic (exact) mass is 201 g/mol. The van der Waals surface area contributed by atoms with Crippen LogP contribution in [0.2, 0.25) is 0 Å². The van der Waals surface area contributed by atoms with Crippen LogP contribution >= 0.6 is 0 Å². The van der Waals surface area contributed by atoms with Gasteiger partial charge in [0.15, 0.2) is 0 Å². The second-order valence-corrected chi connectivity index (χ2v) is 2.87. The number of hydrogen-bond donors (Lipinski definition) is 1. The molecule has 0 aromatic heterocycles. The molecule has 0 aliphatic rings. The topological polar surface area (TPSA) is 21.3 Å². The molecule has 1 aromatic carbocycles. The Morgan fingerprint density at radius 3 is 2.14 bits per heavy atom. The molecule has 1 N–H and O–H groups in total. The molecule has 78 valence electrons. The van der Waals surface area contributed by atoms with Crippen molar-refractivity contribution < 1.29 is 13.5 Å². The highest BCUT2D eigenvalue weighted by Gasteiger charge is 2.19. The average molecular weight is 201 g/mol. The molecule has 0 heterocycles. The lowest BCUT2D eigenvalue weighted by Gasteiger charge is -2.15. The van der Waals surface area contributed by atoms with Gasteiger partial charge in [0.05, 0.1) is 13.2 Å². The van der Waals surface area contributed by atoms with Crippen LogP contribution in [0.5, 0.6) is 5.75 Å². The Labute approximate surface area is 81.9 Å². The van der Waals surface area contributed by atoms with E-state index in [4.69, 9.17) is 4.74 Å². The minimum absolute atomic E-state index is 0.559. The largest absolute Gasteiger partial charge is 0.497 e. The van der Waals surface area contributed by atoms with E-state index < -0.39 is 12.5 Å². The maximum absolute atomic E-state index is 12.5.